The Morgan fingerprint density at radius 3 is 2.67 bits per heavy atom. The fourth-order valence-corrected chi connectivity index (χ4v) is 3.04. The Kier molecular flexibility index (Phi) is 9.05. The summed E-state index contributed by atoms with van der Waals surface area (Å²) in [5.41, 5.74) is 2.28. The van der Waals surface area contributed by atoms with Crippen LogP contribution in [0.3, 0.4) is 0 Å². The topological polar surface area (TPSA) is 58.5 Å². The maximum absolute atomic E-state index is 5.71. The van der Waals surface area contributed by atoms with Crippen molar-refractivity contribution in [2.24, 2.45) is 4.99 Å². The fraction of sp³-hybridized carbons (Fsp3) is 0.412. The summed E-state index contributed by atoms with van der Waals surface area (Å²) >= 11 is 1.71. The van der Waals surface area contributed by atoms with Crippen molar-refractivity contribution in [3.05, 3.63) is 45.4 Å². The molecule has 2 aromatic rings. The minimum atomic E-state index is 0. The van der Waals surface area contributed by atoms with Gasteiger partial charge in [-0.1, -0.05) is 12.1 Å². The molecule has 5 nitrogen and oxygen atoms in total. The third kappa shape index (κ3) is 6.64. The molecule has 2 rings (SSSR count). The highest BCUT2D eigenvalue weighted by atomic mass is 127. The number of nitrogens with zero attached hydrogens (tertiary/aromatic N) is 2. The predicted octanol–water partition coefficient (Wildman–Crippen LogP) is 3.43. The van der Waals surface area contributed by atoms with Crippen LogP contribution < -0.4 is 15.4 Å². The highest BCUT2D eigenvalue weighted by Crippen LogP contribution is 2.16. The number of rotatable bonds is 6. The third-order valence-electron chi connectivity index (χ3n) is 3.29. The van der Waals surface area contributed by atoms with Gasteiger partial charge in [0.2, 0.25) is 0 Å². The van der Waals surface area contributed by atoms with Crippen molar-refractivity contribution in [1.82, 2.24) is 15.6 Å². The largest absolute Gasteiger partial charge is 0.492 e. The van der Waals surface area contributed by atoms with Crippen LogP contribution in [0, 0.1) is 20.8 Å². The van der Waals surface area contributed by atoms with E-state index in [1.54, 1.807) is 18.4 Å². The highest BCUT2D eigenvalue weighted by molar-refractivity contribution is 14.0. The van der Waals surface area contributed by atoms with E-state index >= 15 is 0 Å². The average molecular weight is 460 g/mol. The number of ether oxygens (including phenoxy) is 1. The maximum atomic E-state index is 5.71. The van der Waals surface area contributed by atoms with E-state index in [4.69, 9.17) is 4.74 Å². The Balaban J connectivity index is 0.00000288. The molecule has 0 amide bonds. The van der Waals surface area contributed by atoms with Gasteiger partial charge in [-0.15, -0.1) is 35.3 Å². The third-order valence-corrected chi connectivity index (χ3v) is 4.37. The van der Waals surface area contributed by atoms with Crippen LogP contribution in [-0.4, -0.2) is 31.1 Å². The highest BCUT2D eigenvalue weighted by Gasteiger charge is 2.05. The molecule has 0 spiro atoms. The van der Waals surface area contributed by atoms with Crippen LogP contribution in [0.2, 0.25) is 0 Å². The van der Waals surface area contributed by atoms with Crippen molar-refractivity contribution < 1.29 is 4.74 Å². The Labute approximate surface area is 165 Å². The van der Waals surface area contributed by atoms with Gasteiger partial charge in [-0.2, -0.15) is 0 Å². The van der Waals surface area contributed by atoms with Gasteiger partial charge in [0.1, 0.15) is 12.4 Å². The lowest BCUT2D eigenvalue weighted by Gasteiger charge is -2.12. The minimum Gasteiger partial charge on any atom is -0.492 e. The molecule has 0 bridgehead atoms. The van der Waals surface area contributed by atoms with Gasteiger partial charge in [-0.05, 0) is 38.5 Å². The van der Waals surface area contributed by atoms with E-state index in [0.717, 1.165) is 29.0 Å². The van der Waals surface area contributed by atoms with Gasteiger partial charge in [-0.3, -0.25) is 4.99 Å². The summed E-state index contributed by atoms with van der Waals surface area (Å²) in [6, 6.07) is 8.05. The first kappa shape index (κ1) is 20.7. The van der Waals surface area contributed by atoms with Crippen LogP contribution in [0.15, 0.2) is 29.3 Å². The van der Waals surface area contributed by atoms with Crippen molar-refractivity contribution in [3.8, 4) is 5.75 Å². The van der Waals surface area contributed by atoms with Gasteiger partial charge in [0.15, 0.2) is 5.96 Å². The molecular weight excluding hydrogens is 435 g/mol. The van der Waals surface area contributed by atoms with Gasteiger partial charge in [0, 0.05) is 11.9 Å². The van der Waals surface area contributed by atoms with Crippen molar-refractivity contribution in [3.63, 3.8) is 0 Å². The molecular formula is C17H25IN4OS. The van der Waals surface area contributed by atoms with Gasteiger partial charge in [0.05, 0.1) is 23.8 Å². The molecule has 0 unspecified atom stereocenters. The lowest BCUT2D eigenvalue weighted by Crippen LogP contribution is -2.38. The van der Waals surface area contributed by atoms with E-state index in [2.05, 4.69) is 33.6 Å². The molecule has 1 aromatic heterocycles. The molecule has 0 saturated carbocycles. The zero-order valence-corrected chi connectivity index (χ0v) is 17.7. The number of nitrogens with one attached hydrogen (secondary N) is 2. The molecule has 132 valence electrons. The second kappa shape index (κ2) is 10.5. The number of guanidine groups is 1. The fourth-order valence-electron chi connectivity index (χ4n) is 2.17. The monoisotopic (exact) mass is 460 g/mol. The number of aromatic nitrogens is 1. The average Bonchev–Trinajstić information content (AvgIpc) is 2.84. The molecule has 0 aliphatic carbocycles. The summed E-state index contributed by atoms with van der Waals surface area (Å²) in [6.07, 6.45) is 0. The van der Waals surface area contributed by atoms with Gasteiger partial charge >= 0.3 is 0 Å². The molecule has 0 aliphatic heterocycles. The second-order valence-electron chi connectivity index (χ2n) is 5.26. The van der Waals surface area contributed by atoms with Crippen molar-refractivity contribution in [1.29, 1.82) is 0 Å². The molecule has 0 fully saturated rings. The minimum absolute atomic E-state index is 0. The van der Waals surface area contributed by atoms with Crippen LogP contribution >= 0.6 is 35.3 Å². The molecule has 0 aliphatic rings. The number of hydrogen-bond donors (Lipinski definition) is 2. The van der Waals surface area contributed by atoms with Gasteiger partial charge < -0.3 is 15.4 Å². The maximum Gasteiger partial charge on any atom is 0.191 e. The molecule has 0 radical (unpaired) electrons. The molecule has 0 atom stereocenters. The van der Waals surface area contributed by atoms with E-state index in [0.29, 0.717) is 13.2 Å². The lowest BCUT2D eigenvalue weighted by molar-refractivity contribution is 0.321. The zero-order chi connectivity index (χ0) is 16.7. The van der Waals surface area contributed by atoms with E-state index in [9.17, 15) is 0 Å². The van der Waals surface area contributed by atoms with E-state index in [-0.39, 0.29) is 24.0 Å². The van der Waals surface area contributed by atoms with Crippen LogP contribution in [0.5, 0.6) is 5.75 Å². The summed E-state index contributed by atoms with van der Waals surface area (Å²) in [7, 11) is 1.77. The molecule has 2 N–H and O–H groups in total. The summed E-state index contributed by atoms with van der Waals surface area (Å²) in [5.74, 6) is 1.66. The summed E-state index contributed by atoms with van der Waals surface area (Å²) in [6.45, 7) is 8.12. The number of hydrogen-bond acceptors (Lipinski definition) is 4. The normalized spacial score (nSPS) is 10.9. The van der Waals surface area contributed by atoms with Crippen LogP contribution in [-0.2, 0) is 6.54 Å². The van der Waals surface area contributed by atoms with Crippen molar-refractivity contribution >= 4 is 41.3 Å². The first-order valence-electron chi connectivity index (χ1n) is 7.65. The number of halogens is 1. The van der Waals surface area contributed by atoms with Crippen LogP contribution in [0.4, 0.5) is 0 Å². The molecule has 7 heteroatoms. The standard InChI is InChI=1S/C17H24N4OS.HI/c1-12-6-5-7-15(10-12)22-9-8-19-17(18-4)20-11-16-13(2)21-14(3)23-16;/h5-7,10H,8-9,11H2,1-4H3,(H2,18,19,20);1H. The number of benzene rings is 1. The number of thiazole rings is 1. The number of aryl methyl sites for hydroxylation is 3. The molecule has 24 heavy (non-hydrogen) atoms. The Morgan fingerprint density at radius 2 is 2.04 bits per heavy atom. The van der Waals surface area contributed by atoms with Gasteiger partial charge in [0.25, 0.3) is 0 Å². The van der Waals surface area contributed by atoms with Crippen molar-refractivity contribution in [2.75, 3.05) is 20.2 Å². The quantitative estimate of drug-likeness (QED) is 0.300. The molecule has 1 heterocycles. The van der Waals surface area contributed by atoms with Crippen LogP contribution in [0.25, 0.3) is 0 Å². The first-order valence-corrected chi connectivity index (χ1v) is 8.47. The predicted molar refractivity (Wildman–Crippen MR) is 112 cm³/mol. The van der Waals surface area contributed by atoms with Gasteiger partial charge in [-0.25, -0.2) is 4.98 Å². The van der Waals surface area contributed by atoms with Crippen molar-refractivity contribution in [2.45, 2.75) is 27.3 Å². The van der Waals surface area contributed by atoms with E-state index in [1.165, 1.54) is 10.4 Å². The van der Waals surface area contributed by atoms with Crippen LogP contribution in [0.1, 0.15) is 21.1 Å². The summed E-state index contributed by atoms with van der Waals surface area (Å²) < 4.78 is 5.71. The SMILES string of the molecule is CN=C(NCCOc1cccc(C)c1)NCc1sc(C)nc1C.I. The van der Waals surface area contributed by atoms with E-state index in [1.807, 2.05) is 32.0 Å². The van der Waals surface area contributed by atoms with E-state index < -0.39 is 0 Å². The summed E-state index contributed by atoms with van der Waals surface area (Å²) in [4.78, 5) is 9.89. The lowest BCUT2D eigenvalue weighted by atomic mass is 10.2. The Hall–Kier alpha value is -1.35. The first-order chi connectivity index (χ1) is 11.1. The second-order valence-corrected chi connectivity index (χ2v) is 6.55. The Morgan fingerprint density at radius 1 is 1.25 bits per heavy atom. The Bertz CT molecular complexity index is 672. The summed E-state index contributed by atoms with van der Waals surface area (Å²) in [5, 5.41) is 7.64. The smallest absolute Gasteiger partial charge is 0.191 e. The molecule has 1 aromatic carbocycles. The number of aliphatic imine (C=N–C) groups is 1. The zero-order valence-electron chi connectivity index (χ0n) is 14.5. The molecule has 0 saturated heterocycles.